The van der Waals surface area contributed by atoms with E-state index in [1.807, 2.05) is 12.1 Å². The molecule has 1 aromatic heterocycles. The Morgan fingerprint density at radius 1 is 1.08 bits per heavy atom. The third kappa shape index (κ3) is 6.28. The lowest BCUT2D eigenvalue weighted by Gasteiger charge is -2.15. The van der Waals surface area contributed by atoms with Gasteiger partial charge in [-0.25, -0.2) is 18.2 Å². The number of aryl methyl sites for hydroxylation is 1. The van der Waals surface area contributed by atoms with Crippen LogP contribution in [0.5, 0.6) is 11.5 Å². The number of carboxylic acids is 1. The van der Waals surface area contributed by atoms with E-state index in [9.17, 15) is 23.1 Å². The number of hydrogen-bond acceptors (Lipinski definition) is 7. The van der Waals surface area contributed by atoms with Crippen LogP contribution in [0.15, 0.2) is 70.4 Å². The van der Waals surface area contributed by atoms with Crippen LogP contribution in [-0.4, -0.2) is 42.4 Å². The van der Waals surface area contributed by atoms with Crippen molar-refractivity contribution in [3.05, 3.63) is 93.5 Å². The zero-order chi connectivity index (χ0) is 28.2. The van der Waals surface area contributed by atoms with Gasteiger partial charge in [-0.1, -0.05) is 37.6 Å². The molecule has 0 amide bonds. The topological polar surface area (TPSA) is 125 Å². The fourth-order valence-corrected chi connectivity index (χ4v) is 4.96. The number of aromatic nitrogens is 2. The van der Waals surface area contributed by atoms with Crippen LogP contribution >= 0.6 is 0 Å². The molecule has 4 aromatic rings. The van der Waals surface area contributed by atoms with E-state index in [-0.39, 0.29) is 40.3 Å². The summed E-state index contributed by atoms with van der Waals surface area (Å²) < 4.78 is 36.9. The molecule has 0 aliphatic rings. The summed E-state index contributed by atoms with van der Waals surface area (Å²) in [5.74, 6) is 0.382. The van der Waals surface area contributed by atoms with Crippen LogP contribution in [0.1, 0.15) is 47.1 Å². The van der Waals surface area contributed by atoms with Crippen molar-refractivity contribution in [2.24, 2.45) is 0 Å². The smallest absolute Gasteiger partial charge is 0.339 e. The first kappa shape index (κ1) is 27.8. The van der Waals surface area contributed by atoms with Gasteiger partial charge in [-0.05, 0) is 48.4 Å². The SMILES string of the molecule is CCCCc1nc2ccc(S(C)(=O)=O)cc2c(=O)n1Cc1ccc(OCc2cccc(C(=O)O)c2OC)cc1. The molecule has 4 rings (SSSR count). The molecule has 0 atom stereocenters. The number of carbonyl (C=O) groups is 1. The molecule has 0 bridgehead atoms. The van der Waals surface area contributed by atoms with Gasteiger partial charge in [0, 0.05) is 18.2 Å². The highest BCUT2D eigenvalue weighted by atomic mass is 32.2. The standard InChI is InChI=1S/C29H30N2O7S/c1-4-5-9-26-30-25-15-14-22(39(3,35)36)16-24(25)28(32)31(26)17-19-10-12-21(13-11-19)38-18-20-7-6-8-23(29(33)34)27(20)37-2/h6-8,10-16H,4-5,9,17-18H2,1-3H3,(H,33,34). The van der Waals surface area contributed by atoms with E-state index in [1.54, 1.807) is 34.9 Å². The maximum absolute atomic E-state index is 13.5. The summed E-state index contributed by atoms with van der Waals surface area (Å²) in [6.45, 7) is 2.44. The lowest BCUT2D eigenvalue weighted by atomic mass is 10.1. The molecule has 0 aliphatic heterocycles. The van der Waals surface area contributed by atoms with Crippen molar-refractivity contribution in [2.75, 3.05) is 13.4 Å². The normalized spacial score (nSPS) is 11.5. The van der Waals surface area contributed by atoms with Crippen molar-refractivity contribution in [2.45, 2.75) is 44.2 Å². The van der Waals surface area contributed by atoms with Gasteiger partial charge in [-0.3, -0.25) is 9.36 Å². The zero-order valence-electron chi connectivity index (χ0n) is 22.0. The fourth-order valence-electron chi connectivity index (χ4n) is 4.31. The predicted molar refractivity (Wildman–Crippen MR) is 148 cm³/mol. The summed E-state index contributed by atoms with van der Waals surface area (Å²) in [4.78, 5) is 29.7. The minimum absolute atomic E-state index is 0.0610. The minimum atomic E-state index is -3.48. The van der Waals surface area contributed by atoms with E-state index in [1.165, 1.54) is 25.3 Å². The second-order valence-electron chi connectivity index (χ2n) is 9.21. The molecule has 204 valence electrons. The first-order chi connectivity index (χ1) is 18.6. The summed E-state index contributed by atoms with van der Waals surface area (Å²) in [6, 6.07) is 16.5. The molecule has 9 nitrogen and oxygen atoms in total. The van der Waals surface area contributed by atoms with Gasteiger partial charge in [0.25, 0.3) is 5.56 Å². The summed E-state index contributed by atoms with van der Waals surface area (Å²) in [7, 11) is -2.06. The molecule has 10 heteroatoms. The maximum Gasteiger partial charge on any atom is 0.339 e. The van der Waals surface area contributed by atoms with Crippen molar-refractivity contribution < 1.29 is 27.8 Å². The Morgan fingerprint density at radius 2 is 1.82 bits per heavy atom. The molecule has 0 unspecified atom stereocenters. The zero-order valence-corrected chi connectivity index (χ0v) is 22.8. The molecule has 1 N–H and O–H groups in total. The Kier molecular flexibility index (Phi) is 8.35. The van der Waals surface area contributed by atoms with Gasteiger partial charge < -0.3 is 14.6 Å². The van der Waals surface area contributed by atoms with Gasteiger partial charge in [0.2, 0.25) is 0 Å². The molecule has 0 aliphatic carbocycles. The Morgan fingerprint density at radius 3 is 2.46 bits per heavy atom. The molecule has 1 heterocycles. The first-order valence-electron chi connectivity index (χ1n) is 12.5. The number of nitrogens with zero attached hydrogens (tertiary/aromatic N) is 2. The van der Waals surface area contributed by atoms with Crippen molar-refractivity contribution in [3.8, 4) is 11.5 Å². The van der Waals surface area contributed by atoms with E-state index in [0.29, 0.717) is 29.1 Å². The number of carboxylic acid groups (broad SMARTS) is 1. The summed E-state index contributed by atoms with van der Waals surface area (Å²) >= 11 is 0. The van der Waals surface area contributed by atoms with E-state index >= 15 is 0 Å². The van der Waals surface area contributed by atoms with Crippen LogP contribution in [0.4, 0.5) is 0 Å². The summed E-state index contributed by atoms with van der Waals surface area (Å²) in [5, 5.41) is 9.64. The van der Waals surface area contributed by atoms with Crippen LogP contribution in [-0.2, 0) is 29.4 Å². The number of ether oxygens (including phenoxy) is 2. The molecule has 3 aromatic carbocycles. The second-order valence-corrected chi connectivity index (χ2v) is 11.2. The molecular weight excluding hydrogens is 520 g/mol. The Hall–Kier alpha value is -4.18. The Labute approximate surface area is 226 Å². The average Bonchev–Trinajstić information content (AvgIpc) is 2.92. The van der Waals surface area contributed by atoms with Gasteiger partial charge in [-0.2, -0.15) is 0 Å². The lowest BCUT2D eigenvalue weighted by Crippen LogP contribution is -2.26. The largest absolute Gasteiger partial charge is 0.495 e. The van der Waals surface area contributed by atoms with Crippen LogP contribution < -0.4 is 15.0 Å². The second kappa shape index (κ2) is 11.7. The average molecular weight is 551 g/mol. The number of rotatable bonds is 11. The number of sulfone groups is 1. The molecule has 39 heavy (non-hydrogen) atoms. The van der Waals surface area contributed by atoms with Gasteiger partial charge in [0.05, 0.1) is 29.5 Å². The highest BCUT2D eigenvalue weighted by Gasteiger charge is 2.16. The van der Waals surface area contributed by atoms with Gasteiger partial charge in [0.15, 0.2) is 9.84 Å². The van der Waals surface area contributed by atoms with Crippen LogP contribution in [0.25, 0.3) is 10.9 Å². The van der Waals surface area contributed by atoms with E-state index in [0.717, 1.165) is 24.7 Å². The molecule has 0 saturated heterocycles. The Bertz CT molecular complexity index is 1680. The summed E-state index contributed by atoms with van der Waals surface area (Å²) in [6.07, 6.45) is 3.53. The number of benzene rings is 3. The molecule has 0 saturated carbocycles. The summed E-state index contributed by atoms with van der Waals surface area (Å²) in [5.41, 5.74) is 1.69. The lowest BCUT2D eigenvalue weighted by molar-refractivity contribution is 0.0693. The number of unbranched alkanes of at least 4 members (excludes halogenated alkanes) is 1. The van der Waals surface area contributed by atoms with Crippen LogP contribution in [0, 0.1) is 0 Å². The highest BCUT2D eigenvalue weighted by Crippen LogP contribution is 2.26. The monoisotopic (exact) mass is 550 g/mol. The van der Waals surface area contributed by atoms with E-state index in [2.05, 4.69) is 6.92 Å². The minimum Gasteiger partial charge on any atom is -0.495 e. The number of fused-ring (bicyclic) bond motifs is 1. The third-order valence-corrected chi connectivity index (χ3v) is 7.49. The molecular formula is C29H30N2O7S. The first-order valence-corrected chi connectivity index (χ1v) is 14.4. The van der Waals surface area contributed by atoms with E-state index in [4.69, 9.17) is 14.5 Å². The number of aromatic carboxylic acids is 1. The van der Waals surface area contributed by atoms with Gasteiger partial charge >= 0.3 is 5.97 Å². The van der Waals surface area contributed by atoms with Crippen LogP contribution in [0.2, 0.25) is 0 Å². The maximum atomic E-state index is 13.5. The van der Waals surface area contributed by atoms with Crippen molar-refractivity contribution in [3.63, 3.8) is 0 Å². The van der Waals surface area contributed by atoms with Crippen LogP contribution in [0.3, 0.4) is 0 Å². The van der Waals surface area contributed by atoms with Crippen molar-refractivity contribution >= 4 is 26.7 Å². The highest BCUT2D eigenvalue weighted by molar-refractivity contribution is 7.90. The third-order valence-electron chi connectivity index (χ3n) is 6.38. The van der Waals surface area contributed by atoms with Gasteiger partial charge in [-0.15, -0.1) is 0 Å². The van der Waals surface area contributed by atoms with Crippen molar-refractivity contribution in [1.29, 1.82) is 0 Å². The predicted octanol–water partition coefficient (Wildman–Crippen LogP) is 4.48. The van der Waals surface area contributed by atoms with E-state index < -0.39 is 15.8 Å². The number of para-hydroxylation sites is 1. The quantitative estimate of drug-likeness (QED) is 0.290. The molecule has 0 fully saturated rings. The molecule has 0 radical (unpaired) electrons. The Balaban J connectivity index is 1.60. The van der Waals surface area contributed by atoms with Crippen molar-refractivity contribution in [1.82, 2.24) is 9.55 Å². The number of hydrogen-bond donors (Lipinski definition) is 1. The molecule has 0 spiro atoms. The fraction of sp³-hybridized carbons (Fsp3) is 0.276. The number of methoxy groups -OCH3 is 1. The van der Waals surface area contributed by atoms with Gasteiger partial charge in [0.1, 0.15) is 29.5 Å².